The Morgan fingerprint density at radius 2 is 2.17 bits per heavy atom. The molecular formula is C12H13F3N2O. The number of amides is 1. The van der Waals surface area contributed by atoms with E-state index in [1.54, 1.807) is 18.2 Å². The highest BCUT2D eigenvalue weighted by Gasteiger charge is 2.32. The van der Waals surface area contributed by atoms with Crippen molar-refractivity contribution < 1.29 is 18.0 Å². The molecule has 0 radical (unpaired) electrons. The van der Waals surface area contributed by atoms with Crippen molar-refractivity contribution in [1.29, 1.82) is 0 Å². The summed E-state index contributed by atoms with van der Waals surface area (Å²) in [6, 6.07) is 5.15. The number of benzene rings is 1. The minimum Gasteiger partial charge on any atom is -0.399 e. The van der Waals surface area contributed by atoms with E-state index in [1.165, 1.54) is 0 Å². The van der Waals surface area contributed by atoms with Crippen LogP contribution < -0.4 is 11.1 Å². The van der Waals surface area contributed by atoms with Crippen LogP contribution in [-0.4, -0.2) is 18.6 Å². The number of alkyl halides is 3. The summed E-state index contributed by atoms with van der Waals surface area (Å²) in [4.78, 5) is 11.7. The maximum absolute atomic E-state index is 12.0. The summed E-state index contributed by atoms with van der Waals surface area (Å²) in [5, 5.41) is 1.92. The van der Waals surface area contributed by atoms with Crippen LogP contribution in [0.1, 0.15) is 23.5 Å². The van der Waals surface area contributed by atoms with Gasteiger partial charge < -0.3 is 11.1 Å². The lowest BCUT2D eigenvalue weighted by Crippen LogP contribution is -2.36. The molecule has 18 heavy (non-hydrogen) atoms. The van der Waals surface area contributed by atoms with Crippen LogP contribution in [0.15, 0.2) is 18.2 Å². The van der Waals surface area contributed by atoms with Gasteiger partial charge in [-0.3, -0.25) is 4.79 Å². The Balaban J connectivity index is 2.07. The average Bonchev–Trinajstić information content (AvgIpc) is 2.67. The molecule has 2 rings (SSSR count). The summed E-state index contributed by atoms with van der Waals surface area (Å²) in [5.74, 6) is -1.07. The van der Waals surface area contributed by atoms with Gasteiger partial charge in [0.05, 0.1) is 5.92 Å². The molecule has 1 aromatic carbocycles. The van der Waals surface area contributed by atoms with Crippen molar-refractivity contribution in [3.05, 3.63) is 29.3 Å². The first kappa shape index (κ1) is 12.7. The van der Waals surface area contributed by atoms with Gasteiger partial charge in [-0.15, -0.1) is 0 Å². The van der Waals surface area contributed by atoms with Gasteiger partial charge in [0.15, 0.2) is 0 Å². The molecule has 1 aliphatic carbocycles. The Bertz CT molecular complexity index is 471. The first-order valence-corrected chi connectivity index (χ1v) is 5.59. The largest absolute Gasteiger partial charge is 0.405 e. The summed E-state index contributed by atoms with van der Waals surface area (Å²) >= 11 is 0. The summed E-state index contributed by atoms with van der Waals surface area (Å²) in [6.07, 6.45) is -3.18. The predicted octanol–water partition coefficient (Wildman–Crippen LogP) is 1.98. The molecule has 0 spiro atoms. The fourth-order valence-electron chi connectivity index (χ4n) is 2.22. The van der Waals surface area contributed by atoms with Crippen LogP contribution in [0.25, 0.3) is 0 Å². The lowest BCUT2D eigenvalue weighted by atomic mass is 10.0. The van der Waals surface area contributed by atoms with Gasteiger partial charge in [0.2, 0.25) is 5.91 Å². The van der Waals surface area contributed by atoms with Crippen LogP contribution >= 0.6 is 0 Å². The molecule has 0 heterocycles. The smallest absolute Gasteiger partial charge is 0.399 e. The number of rotatable bonds is 2. The molecule has 1 aromatic rings. The van der Waals surface area contributed by atoms with E-state index in [9.17, 15) is 18.0 Å². The second-order valence-corrected chi connectivity index (χ2v) is 4.38. The maximum Gasteiger partial charge on any atom is 0.405 e. The molecule has 0 bridgehead atoms. The van der Waals surface area contributed by atoms with Crippen molar-refractivity contribution in [2.75, 3.05) is 12.3 Å². The standard InChI is InChI=1S/C12H13F3N2O/c13-12(14,15)6-17-11(18)10-3-1-7-5-8(16)2-4-9(7)10/h2,4-5,10H,1,3,6,16H2,(H,17,18). The average molecular weight is 258 g/mol. The number of nitrogen functional groups attached to an aromatic ring is 1. The van der Waals surface area contributed by atoms with Gasteiger partial charge in [-0.25, -0.2) is 0 Å². The predicted molar refractivity (Wildman–Crippen MR) is 61.0 cm³/mol. The van der Waals surface area contributed by atoms with E-state index in [0.29, 0.717) is 18.5 Å². The van der Waals surface area contributed by atoms with E-state index in [1.807, 2.05) is 5.32 Å². The van der Waals surface area contributed by atoms with Crippen LogP contribution in [0.2, 0.25) is 0 Å². The van der Waals surface area contributed by atoms with Crippen molar-refractivity contribution in [2.24, 2.45) is 0 Å². The van der Waals surface area contributed by atoms with Crippen LogP contribution in [0.4, 0.5) is 18.9 Å². The Morgan fingerprint density at radius 1 is 1.44 bits per heavy atom. The number of fused-ring (bicyclic) bond motifs is 1. The third kappa shape index (κ3) is 2.75. The molecule has 3 N–H and O–H groups in total. The number of nitrogens with one attached hydrogen (secondary N) is 1. The second kappa shape index (κ2) is 4.51. The Hall–Kier alpha value is -1.72. The number of hydrogen-bond donors (Lipinski definition) is 2. The number of aryl methyl sites for hydroxylation is 1. The van der Waals surface area contributed by atoms with E-state index >= 15 is 0 Å². The van der Waals surface area contributed by atoms with Gasteiger partial charge in [0, 0.05) is 5.69 Å². The fourth-order valence-corrected chi connectivity index (χ4v) is 2.22. The zero-order chi connectivity index (χ0) is 13.3. The van der Waals surface area contributed by atoms with Gasteiger partial charge in [0.25, 0.3) is 0 Å². The maximum atomic E-state index is 12.0. The molecule has 0 aromatic heterocycles. The van der Waals surface area contributed by atoms with E-state index in [2.05, 4.69) is 0 Å². The quantitative estimate of drug-likeness (QED) is 0.797. The lowest BCUT2D eigenvalue weighted by Gasteiger charge is -2.13. The van der Waals surface area contributed by atoms with Gasteiger partial charge in [-0.1, -0.05) is 6.07 Å². The lowest BCUT2D eigenvalue weighted by molar-refractivity contribution is -0.139. The molecule has 1 atom stereocenters. The normalized spacial score (nSPS) is 18.5. The Morgan fingerprint density at radius 3 is 2.83 bits per heavy atom. The first-order chi connectivity index (χ1) is 8.37. The summed E-state index contributed by atoms with van der Waals surface area (Å²) < 4.78 is 36.1. The third-order valence-electron chi connectivity index (χ3n) is 3.02. The van der Waals surface area contributed by atoms with E-state index in [4.69, 9.17) is 5.73 Å². The fraction of sp³-hybridized carbons (Fsp3) is 0.417. The minimum absolute atomic E-state index is 0.497. The second-order valence-electron chi connectivity index (χ2n) is 4.38. The molecule has 3 nitrogen and oxygen atoms in total. The molecule has 98 valence electrons. The SMILES string of the molecule is Nc1ccc2c(c1)CCC2C(=O)NCC(F)(F)F. The van der Waals surface area contributed by atoms with Crippen molar-refractivity contribution in [3.63, 3.8) is 0 Å². The molecular weight excluding hydrogens is 245 g/mol. The highest BCUT2D eigenvalue weighted by molar-refractivity contribution is 5.85. The zero-order valence-corrected chi connectivity index (χ0v) is 9.55. The molecule has 1 amide bonds. The molecule has 0 saturated heterocycles. The summed E-state index contributed by atoms with van der Waals surface area (Å²) in [5.41, 5.74) is 7.95. The molecule has 0 saturated carbocycles. The van der Waals surface area contributed by atoms with Crippen LogP contribution in [0.3, 0.4) is 0 Å². The molecule has 1 aliphatic rings. The number of anilines is 1. The number of carbonyl (C=O) groups excluding carboxylic acids is 1. The van der Waals surface area contributed by atoms with Crippen molar-refractivity contribution in [2.45, 2.75) is 24.9 Å². The number of nitrogens with two attached hydrogens (primary N) is 1. The molecule has 1 unspecified atom stereocenters. The first-order valence-electron chi connectivity index (χ1n) is 5.59. The van der Waals surface area contributed by atoms with Crippen LogP contribution in [-0.2, 0) is 11.2 Å². The van der Waals surface area contributed by atoms with Gasteiger partial charge in [-0.2, -0.15) is 13.2 Å². The topological polar surface area (TPSA) is 55.1 Å². The number of carbonyl (C=O) groups is 1. The zero-order valence-electron chi connectivity index (χ0n) is 9.55. The monoisotopic (exact) mass is 258 g/mol. The summed E-state index contributed by atoms with van der Waals surface area (Å²) in [7, 11) is 0. The molecule has 0 fully saturated rings. The van der Waals surface area contributed by atoms with Gasteiger partial charge in [0.1, 0.15) is 6.54 Å². The van der Waals surface area contributed by atoms with Crippen molar-refractivity contribution >= 4 is 11.6 Å². The summed E-state index contributed by atoms with van der Waals surface area (Å²) in [6.45, 7) is -1.29. The highest BCUT2D eigenvalue weighted by Crippen LogP contribution is 2.34. The van der Waals surface area contributed by atoms with Gasteiger partial charge in [-0.05, 0) is 36.1 Å². The molecule has 0 aliphatic heterocycles. The third-order valence-corrected chi connectivity index (χ3v) is 3.02. The van der Waals surface area contributed by atoms with Crippen LogP contribution in [0.5, 0.6) is 0 Å². The molecule has 6 heteroatoms. The Kier molecular flexibility index (Phi) is 3.19. The van der Waals surface area contributed by atoms with E-state index in [-0.39, 0.29) is 0 Å². The minimum atomic E-state index is -4.38. The van der Waals surface area contributed by atoms with E-state index in [0.717, 1.165) is 11.1 Å². The van der Waals surface area contributed by atoms with Crippen molar-refractivity contribution in [3.8, 4) is 0 Å². The van der Waals surface area contributed by atoms with E-state index < -0.39 is 24.5 Å². The van der Waals surface area contributed by atoms with Crippen LogP contribution in [0, 0.1) is 0 Å². The highest BCUT2D eigenvalue weighted by atomic mass is 19.4. The van der Waals surface area contributed by atoms with Crippen molar-refractivity contribution in [1.82, 2.24) is 5.32 Å². The Labute approximate surface area is 102 Å². The number of hydrogen-bond acceptors (Lipinski definition) is 2. The number of halogens is 3. The van der Waals surface area contributed by atoms with Gasteiger partial charge >= 0.3 is 6.18 Å².